The molecular formula is C21H20N2. The van der Waals surface area contributed by atoms with Gasteiger partial charge in [-0.25, -0.2) is 4.98 Å². The van der Waals surface area contributed by atoms with Gasteiger partial charge in [-0.2, -0.15) is 0 Å². The fraction of sp³-hybridized carbons (Fsp3) is 0.190. The summed E-state index contributed by atoms with van der Waals surface area (Å²) < 4.78 is 2.28. The smallest absolute Gasteiger partial charge is 0.137 e. The van der Waals surface area contributed by atoms with Gasteiger partial charge in [0.2, 0.25) is 0 Å². The van der Waals surface area contributed by atoms with E-state index < -0.39 is 0 Å². The Morgan fingerprint density at radius 2 is 1.39 bits per heavy atom. The molecule has 0 N–H and O–H groups in total. The molecule has 2 heteroatoms. The van der Waals surface area contributed by atoms with Gasteiger partial charge in [-0.05, 0) is 80.8 Å². The highest BCUT2D eigenvalue weighted by Crippen LogP contribution is 2.33. The fourth-order valence-corrected chi connectivity index (χ4v) is 3.28. The Labute approximate surface area is 136 Å². The monoisotopic (exact) mass is 300 g/mol. The zero-order valence-corrected chi connectivity index (χ0v) is 14.0. The van der Waals surface area contributed by atoms with Crippen molar-refractivity contribution in [2.45, 2.75) is 27.7 Å². The zero-order chi connectivity index (χ0) is 16.1. The zero-order valence-electron chi connectivity index (χ0n) is 14.0. The maximum absolute atomic E-state index is 4.62. The summed E-state index contributed by atoms with van der Waals surface area (Å²) in [6.07, 6.45) is 1.89. The first kappa shape index (κ1) is 14.0. The predicted molar refractivity (Wildman–Crippen MR) is 97.5 cm³/mol. The number of hydrogen-bond acceptors (Lipinski definition) is 1. The van der Waals surface area contributed by atoms with Crippen LogP contribution in [0, 0.1) is 27.7 Å². The Balaban J connectivity index is 2.22. The highest BCUT2D eigenvalue weighted by atomic mass is 15.1. The van der Waals surface area contributed by atoms with Crippen molar-refractivity contribution >= 4 is 21.8 Å². The summed E-state index contributed by atoms with van der Waals surface area (Å²) in [7, 11) is 0. The van der Waals surface area contributed by atoms with E-state index in [2.05, 4.69) is 73.6 Å². The summed E-state index contributed by atoms with van der Waals surface area (Å²) >= 11 is 0. The van der Waals surface area contributed by atoms with E-state index in [1.165, 1.54) is 44.1 Å². The van der Waals surface area contributed by atoms with Crippen LogP contribution in [0.1, 0.15) is 22.3 Å². The molecule has 0 aliphatic rings. The van der Waals surface area contributed by atoms with Crippen LogP contribution in [-0.2, 0) is 0 Å². The van der Waals surface area contributed by atoms with Crippen LogP contribution in [0.15, 0.2) is 48.7 Å². The molecule has 23 heavy (non-hydrogen) atoms. The number of pyridine rings is 1. The molecule has 0 bridgehead atoms. The Bertz CT molecular complexity index is 1050. The van der Waals surface area contributed by atoms with Crippen molar-refractivity contribution in [3.63, 3.8) is 0 Å². The molecule has 0 aliphatic heterocycles. The van der Waals surface area contributed by atoms with Crippen LogP contribution in [0.2, 0.25) is 0 Å². The predicted octanol–water partition coefficient (Wildman–Crippen LogP) is 5.41. The van der Waals surface area contributed by atoms with Crippen LogP contribution in [0.4, 0.5) is 0 Å². The maximum Gasteiger partial charge on any atom is 0.137 e. The molecule has 0 saturated heterocycles. The Hall–Kier alpha value is -2.61. The van der Waals surface area contributed by atoms with Crippen molar-refractivity contribution in [3.05, 3.63) is 70.9 Å². The van der Waals surface area contributed by atoms with E-state index in [4.69, 9.17) is 0 Å². The summed E-state index contributed by atoms with van der Waals surface area (Å²) in [6.45, 7) is 8.61. The first-order valence-corrected chi connectivity index (χ1v) is 7.99. The van der Waals surface area contributed by atoms with Crippen LogP contribution in [-0.4, -0.2) is 9.55 Å². The molecule has 2 nitrogen and oxygen atoms in total. The molecule has 0 saturated carbocycles. The van der Waals surface area contributed by atoms with Gasteiger partial charge in [0.25, 0.3) is 0 Å². The SMILES string of the molecule is Cc1ccnc(-n2c3ccc(C)cc3c3cc(C)c(C)cc32)c1. The van der Waals surface area contributed by atoms with Crippen molar-refractivity contribution in [1.29, 1.82) is 0 Å². The Kier molecular flexibility index (Phi) is 3.02. The number of aromatic nitrogens is 2. The largest absolute Gasteiger partial charge is 0.294 e. The number of rotatable bonds is 1. The molecule has 0 aliphatic carbocycles. The lowest BCUT2D eigenvalue weighted by molar-refractivity contribution is 1.07. The standard InChI is InChI=1S/C21H20N2/c1-13-5-6-19-17(9-13)18-11-15(3)16(4)12-20(18)23(19)21-10-14(2)7-8-22-21/h5-12H,1-4H3. The number of aryl methyl sites for hydroxylation is 4. The Morgan fingerprint density at radius 1 is 0.696 bits per heavy atom. The van der Waals surface area contributed by atoms with Crippen molar-refractivity contribution in [1.82, 2.24) is 9.55 Å². The highest BCUT2D eigenvalue weighted by Gasteiger charge is 2.14. The van der Waals surface area contributed by atoms with Crippen LogP contribution >= 0.6 is 0 Å². The molecule has 0 atom stereocenters. The topological polar surface area (TPSA) is 17.8 Å². The van der Waals surface area contributed by atoms with E-state index in [1.54, 1.807) is 0 Å². The Morgan fingerprint density at radius 3 is 2.17 bits per heavy atom. The van der Waals surface area contributed by atoms with E-state index in [-0.39, 0.29) is 0 Å². The summed E-state index contributed by atoms with van der Waals surface area (Å²) in [4.78, 5) is 4.62. The van der Waals surface area contributed by atoms with Gasteiger partial charge < -0.3 is 0 Å². The van der Waals surface area contributed by atoms with E-state index in [0.717, 1.165) is 5.82 Å². The molecular weight excluding hydrogens is 280 g/mol. The molecule has 4 rings (SSSR count). The van der Waals surface area contributed by atoms with Gasteiger partial charge in [-0.3, -0.25) is 4.57 Å². The van der Waals surface area contributed by atoms with Crippen molar-refractivity contribution < 1.29 is 0 Å². The number of benzene rings is 2. The third kappa shape index (κ3) is 2.14. The van der Waals surface area contributed by atoms with Crippen LogP contribution in [0.3, 0.4) is 0 Å². The van der Waals surface area contributed by atoms with Gasteiger partial charge in [0.15, 0.2) is 0 Å². The van der Waals surface area contributed by atoms with Crippen LogP contribution in [0.5, 0.6) is 0 Å². The molecule has 114 valence electrons. The molecule has 2 heterocycles. The van der Waals surface area contributed by atoms with Gasteiger partial charge in [0, 0.05) is 17.0 Å². The van der Waals surface area contributed by atoms with Gasteiger partial charge in [-0.1, -0.05) is 11.6 Å². The van der Waals surface area contributed by atoms with E-state index in [9.17, 15) is 0 Å². The first-order valence-electron chi connectivity index (χ1n) is 7.99. The molecule has 0 fully saturated rings. The number of nitrogens with zero attached hydrogens (tertiary/aromatic N) is 2. The lowest BCUT2D eigenvalue weighted by atomic mass is 10.0. The third-order valence-corrected chi connectivity index (χ3v) is 4.67. The minimum absolute atomic E-state index is 0.983. The van der Waals surface area contributed by atoms with E-state index >= 15 is 0 Å². The van der Waals surface area contributed by atoms with E-state index in [1.807, 2.05) is 12.3 Å². The highest BCUT2D eigenvalue weighted by molar-refractivity contribution is 6.09. The van der Waals surface area contributed by atoms with E-state index in [0.29, 0.717) is 0 Å². The average Bonchev–Trinajstić information content (AvgIpc) is 2.81. The lowest BCUT2D eigenvalue weighted by Gasteiger charge is -2.08. The average molecular weight is 300 g/mol. The number of hydrogen-bond donors (Lipinski definition) is 0. The third-order valence-electron chi connectivity index (χ3n) is 4.67. The minimum atomic E-state index is 0.983. The van der Waals surface area contributed by atoms with Gasteiger partial charge in [0.1, 0.15) is 5.82 Å². The summed E-state index contributed by atoms with van der Waals surface area (Å²) in [5, 5.41) is 2.60. The lowest BCUT2D eigenvalue weighted by Crippen LogP contribution is -1.97. The second kappa shape index (κ2) is 4.95. The van der Waals surface area contributed by atoms with Crippen molar-refractivity contribution in [2.24, 2.45) is 0 Å². The molecule has 0 radical (unpaired) electrons. The quantitative estimate of drug-likeness (QED) is 0.459. The summed E-state index contributed by atoms with van der Waals surface area (Å²) in [5.74, 6) is 0.983. The second-order valence-electron chi connectivity index (χ2n) is 6.50. The first-order chi connectivity index (χ1) is 11.0. The number of fused-ring (bicyclic) bond motifs is 3. The minimum Gasteiger partial charge on any atom is -0.294 e. The van der Waals surface area contributed by atoms with Crippen LogP contribution in [0.25, 0.3) is 27.6 Å². The van der Waals surface area contributed by atoms with Gasteiger partial charge in [0.05, 0.1) is 11.0 Å². The molecule has 2 aromatic carbocycles. The van der Waals surface area contributed by atoms with Crippen LogP contribution < -0.4 is 0 Å². The fourth-order valence-electron chi connectivity index (χ4n) is 3.28. The summed E-state index contributed by atoms with van der Waals surface area (Å²) in [5.41, 5.74) is 7.59. The van der Waals surface area contributed by atoms with Crippen molar-refractivity contribution in [2.75, 3.05) is 0 Å². The molecule has 0 unspecified atom stereocenters. The molecule has 0 amide bonds. The molecule has 4 aromatic rings. The molecule has 0 spiro atoms. The van der Waals surface area contributed by atoms with Gasteiger partial charge in [-0.15, -0.1) is 0 Å². The normalized spacial score (nSPS) is 11.5. The molecule has 2 aromatic heterocycles. The van der Waals surface area contributed by atoms with Crippen molar-refractivity contribution in [3.8, 4) is 5.82 Å². The van der Waals surface area contributed by atoms with Gasteiger partial charge >= 0.3 is 0 Å². The summed E-state index contributed by atoms with van der Waals surface area (Å²) in [6, 6.07) is 15.4. The maximum atomic E-state index is 4.62. The second-order valence-corrected chi connectivity index (χ2v) is 6.50.